The van der Waals surface area contributed by atoms with Crippen LogP contribution in [0.5, 0.6) is 0 Å². The number of hydrogen-bond acceptors (Lipinski definition) is 4. The van der Waals surface area contributed by atoms with Crippen molar-refractivity contribution in [3.8, 4) is 0 Å². The Kier molecular flexibility index (Phi) is 6.26. The highest BCUT2D eigenvalue weighted by atomic mass is 19.4. The van der Waals surface area contributed by atoms with Gasteiger partial charge in [-0.1, -0.05) is 0 Å². The summed E-state index contributed by atoms with van der Waals surface area (Å²) in [4.78, 5) is 26.3. The molecule has 9 heteroatoms. The van der Waals surface area contributed by atoms with Crippen molar-refractivity contribution in [2.45, 2.75) is 19.0 Å². The van der Waals surface area contributed by atoms with E-state index in [2.05, 4.69) is 5.32 Å². The zero-order valence-electron chi connectivity index (χ0n) is 15.8. The van der Waals surface area contributed by atoms with E-state index >= 15 is 0 Å². The first kappa shape index (κ1) is 20.9. The summed E-state index contributed by atoms with van der Waals surface area (Å²) in [5.74, 6) is -1.06. The maximum absolute atomic E-state index is 13.3. The minimum absolute atomic E-state index is 0.0491. The highest BCUT2D eigenvalue weighted by Crippen LogP contribution is 2.32. The lowest BCUT2D eigenvalue weighted by Crippen LogP contribution is -2.34. The SMILES string of the molecule is CN(CC1CCOCC1)C(=O)c1cc(NC(=O)c2ccco2)cc(C(F)(F)F)c1. The van der Waals surface area contributed by atoms with Gasteiger partial charge in [0.25, 0.3) is 11.8 Å². The number of ether oxygens (including phenoxy) is 1. The summed E-state index contributed by atoms with van der Waals surface area (Å²) in [5.41, 5.74) is -1.30. The monoisotopic (exact) mass is 410 g/mol. The van der Waals surface area contributed by atoms with Gasteiger partial charge in [-0.05, 0) is 49.1 Å². The summed E-state index contributed by atoms with van der Waals surface area (Å²) >= 11 is 0. The average Bonchev–Trinajstić information content (AvgIpc) is 3.22. The number of furan rings is 1. The first-order valence-electron chi connectivity index (χ1n) is 9.14. The van der Waals surface area contributed by atoms with Crippen molar-refractivity contribution in [2.75, 3.05) is 32.1 Å². The molecule has 0 aliphatic carbocycles. The molecule has 1 saturated heterocycles. The summed E-state index contributed by atoms with van der Waals surface area (Å²) in [7, 11) is 1.55. The molecule has 2 aromatic rings. The number of halogens is 3. The van der Waals surface area contributed by atoms with E-state index in [0.717, 1.165) is 25.0 Å². The average molecular weight is 410 g/mol. The molecule has 1 aliphatic rings. The Balaban J connectivity index is 1.82. The number of anilines is 1. The minimum Gasteiger partial charge on any atom is -0.459 e. The van der Waals surface area contributed by atoms with Crippen molar-refractivity contribution in [3.63, 3.8) is 0 Å². The number of nitrogens with one attached hydrogen (secondary N) is 1. The fraction of sp³-hybridized carbons (Fsp3) is 0.400. The molecule has 29 heavy (non-hydrogen) atoms. The summed E-state index contributed by atoms with van der Waals surface area (Å²) in [5, 5.41) is 2.35. The third kappa shape index (κ3) is 5.38. The second-order valence-corrected chi connectivity index (χ2v) is 6.97. The Morgan fingerprint density at radius 1 is 1.21 bits per heavy atom. The molecule has 2 heterocycles. The molecule has 1 aromatic carbocycles. The van der Waals surface area contributed by atoms with Gasteiger partial charge in [-0.25, -0.2) is 0 Å². The molecule has 0 unspecified atom stereocenters. The maximum Gasteiger partial charge on any atom is 0.416 e. The van der Waals surface area contributed by atoms with Crippen molar-refractivity contribution in [1.29, 1.82) is 0 Å². The largest absolute Gasteiger partial charge is 0.459 e. The molecular formula is C20H21F3N2O4. The third-order valence-electron chi connectivity index (χ3n) is 4.73. The summed E-state index contributed by atoms with van der Waals surface area (Å²) < 4.78 is 50.2. The molecule has 156 valence electrons. The van der Waals surface area contributed by atoms with Crippen LogP contribution in [0.25, 0.3) is 0 Å². The molecule has 0 bridgehead atoms. The number of nitrogens with zero attached hydrogens (tertiary/aromatic N) is 1. The summed E-state index contributed by atoms with van der Waals surface area (Å²) in [6.07, 6.45) is -1.80. The van der Waals surface area contributed by atoms with E-state index in [1.165, 1.54) is 29.4 Å². The van der Waals surface area contributed by atoms with Gasteiger partial charge in [0, 0.05) is 38.1 Å². The quantitative estimate of drug-likeness (QED) is 0.807. The van der Waals surface area contributed by atoms with Gasteiger partial charge in [-0.2, -0.15) is 13.2 Å². The molecule has 6 nitrogen and oxygen atoms in total. The van der Waals surface area contributed by atoms with Gasteiger partial charge in [0.15, 0.2) is 5.76 Å². The Labute approximate surface area is 165 Å². The molecule has 0 spiro atoms. The van der Waals surface area contributed by atoms with Gasteiger partial charge >= 0.3 is 6.18 Å². The number of hydrogen-bond donors (Lipinski definition) is 1. The van der Waals surface area contributed by atoms with Crippen LogP contribution in [0, 0.1) is 5.92 Å². The van der Waals surface area contributed by atoms with Crippen LogP contribution in [0.2, 0.25) is 0 Å². The zero-order chi connectivity index (χ0) is 21.0. The number of amides is 2. The number of carbonyl (C=O) groups is 2. The van der Waals surface area contributed by atoms with E-state index in [0.29, 0.717) is 19.8 Å². The van der Waals surface area contributed by atoms with Gasteiger partial charge in [-0.15, -0.1) is 0 Å². The van der Waals surface area contributed by atoms with Crippen molar-refractivity contribution < 1.29 is 31.9 Å². The lowest BCUT2D eigenvalue weighted by Gasteiger charge is -2.27. The Morgan fingerprint density at radius 2 is 1.93 bits per heavy atom. The number of alkyl halides is 3. The number of benzene rings is 1. The van der Waals surface area contributed by atoms with Crippen LogP contribution in [-0.2, 0) is 10.9 Å². The molecular weight excluding hydrogens is 389 g/mol. The zero-order valence-corrected chi connectivity index (χ0v) is 15.8. The van der Waals surface area contributed by atoms with Crippen molar-refractivity contribution in [3.05, 3.63) is 53.5 Å². The Bertz CT molecular complexity index is 859. The van der Waals surface area contributed by atoms with Crippen LogP contribution in [-0.4, -0.2) is 43.5 Å². The Morgan fingerprint density at radius 3 is 2.55 bits per heavy atom. The van der Waals surface area contributed by atoms with E-state index in [4.69, 9.17) is 9.15 Å². The second kappa shape index (κ2) is 8.69. The van der Waals surface area contributed by atoms with E-state index in [9.17, 15) is 22.8 Å². The van der Waals surface area contributed by atoms with Crippen molar-refractivity contribution in [2.24, 2.45) is 5.92 Å². The van der Waals surface area contributed by atoms with Crippen LogP contribution in [0.4, 0.5) is 18.9 Å². The predicted molar refractivity (Wildman–Crippen MR) is 98.6 cm³/mol. The van der Waals surface area contributed by atoms with Gasteiger partial charge in [0.05, 0.1) is 11.8 Å². The molecule has 1 fully saturated rings. The van der Waals surface area contributed by atoms with E-state index in [1.54, 1.807) is 7.05 Å². The van der Waals surface area contributed by atoms with E-state index in [-0.39, 0.29) is 22.9 Å². The smallest absolute Gasteiger partial charge is 0.416 e. The molecule has 1 N–H and O–H groups in total. The highest BCUT2D eigenvalue weighted by molar-refractivity contribution is 6.03. The normalized spacial score (nSPS) is 15.2. The lowest BCUT2D eigenvalue weighted by atomic mass is 9.99. The number of carbonyl (C=O) groups excluding carboxylic acids is 2. The van der Waals surface area contributed by atoms with Gasteiger partial charge in [-0.3, -0.25) is 9.59 Å². The standard InChI is InChI=1S/C20H21F3N2O4/c1-25(12-13-4-7-28-8-5-13)19(27)14-9-15(20(21,22)23)11-16(10-14)24-18(26)17-3-2-6-29-17/h2-3,6,9-11,13H,4-5,7-8,12H2,1H3,(H,24,26). The van der Waals surface area contributed by atoms with Crippen LogP contribution in [0.1, 0.15) is 39.3 Å². The fourth-order valence-electron chi connectivity index (χ4n) is 3.21. The van der Waals surface area contributed by atoms with Crippen LogP contribution < -0.4 is 5.32 Å². The topological polar surface area (TPSA) is 71.8 Å². The predicted octanol–water partition coefficient (Wildman–Crippen LogP) is 4.05. The molecule has 0 saturated carbocycles. The van der Waals surface area contributed by atoms with Crippen molar-refractivity contribution >= 4 is 17.5 Å². The Hall–Kier alpha value is -2.81. The van der Waals surface area contributed by atoms with Crippen molar-refractivity contribution in [1.82, 2.24) is 4.90 Å². The van der Waals surface area contributed by atoms with Crippen LogP contribution in [0.15, 0.2) is 41.0 Å². The highest BCUT2D eigenvalue weighted by Gasteiger charge is 2.32. The molecule has 3 rings (SSSR count). The molecule has 0 radical (unpaired) electrons. The summed E-state index contributed by atoms with van der Waals surface area (Å²) in [6.45, 7) is 1.64. The van der Waals surface area contributed by atoms with Gasteiger partial charge in [0.1, 0.15) is 0 Å². The second-order valence-electron chi connectivity index (χ2n) is 6.97. The minimum atomic E-state index is -4.67. The van der Waals surface area contributed by atoms with E-state index in [1.807, 2.05) is 0 Å². The first-order chi connectivity index (χ1) is 13.7. The molecule has 1 aliphatic heterocycles. The number of rotatable bonds is 5. The molecule has 2 amide bonds. The summed E-state index contributed by atoms with van der Waals surface area (Å²) in [6, 6.07) is 5.69. The third-order valence-corrected chi connectivity index (χ3v) is 4.73. The van der Waals surface area contributed by atoms with Gasteiger partial charge < -0.3 is 19.4 Å². The van der Waals surface area contributed by atoms with Crippen LogP contribution in [0.3, 0.4) is 0 Å². The van der Waals surface area contributed by atoms with Gasteiger partial charge in [0.2, 0.25) is 0 Å². The first-order valence-corrected chi connectivity index (χ1v) is 9.14. The molecule has 0 atom stereocenters. The van der Waals surface area contributed by atoms with Crippen LogP contribution >= 0.6 is 0 Å². The fourth-order valence-corrected chi connectivity index (χ4v) is 3.21. The van der Waals surface area contributed by atoms with E-state index < -0.39 is 23.6 Å². The molecule has 1 aromatic heterocycles. The lowest BCUT2D eigenvalue weighted by molar-refractivity contribution is -0.137. The maximum atomic E-state index is 13.3.